The van der Waals surface area contributed by atoms with Gasteiger partial charge < -0.3 is 28.8 Å². The van der Waals surface area contributed by atoms with E-state index in [4.69, 9.17) is 28.8 Å². The Morgan fingerprint density at radius 2 is 0.875 bits per heavy atom. The van der Waals surface area contributed by atoms with Crippen LogP contribution in [0.1, 0.15) is 18.9 Å². The zero-order valence-corrected chi connectivity index (χ0v) is 41.6. The van der Waals surface area contributed by atoms with Crippen molar-refractivity contribution in [1.82, 2.24) is 0 Å². The van der Waals surface area contributed by atoms with Crippen LogP contribution in [0.5, 0.6) is 0 Å². The molecule has 0 bridgehead atoms. The largest absolute Gasteiger partial charge is 0.436 e. The van der Waals surface area contributed by atoms with Crippen LogP contribution in [0.15, 0.2) is 66.8 Å². The van der Waals surface area contributed by atoms with Crippen LogP contribution in [0.25, 0.3) is 0 Å². The zero-order chi connectivity index (χ0) is 37.3. The van der Waals surface area contributed by atoms with Gasteiger partial charge in [0.2, 0.25) is 0 Å². The Hall–Kier alpha value is -0.105. The molecule has 0 N–H and O–H groups in total. The third kappa shape index (κ3) is 20.7. The molecule has 0 aromatic heterocycles. The summed E-state index contributed by atoms with van der Waals surface area (Å²) in [6, 6.07) is 12.7. The summed E-state index contributed by atoms with van der Waals surface area (Å²) in [5, 5.41) is 0. The third-order valence-electron chi connectivity index (χ3n) is 7.11. The highest BCUT2D eigenvalue weighted by Crippen LogP contribution is 2.31. The van der Waals surface area contributed by atoms with Crippen molar-refractivity contribution in [2.45, 2.75) is 137 Å². The van der Waals surface area contributed by atoms with Gasteiger partial charge in [0.05, 0.1) is 0 Å². The molecule has 7 nitrogen and oxygen atoms in total. The molecule has 1 aromatic rings. The molecule has 0 fully saturated rings. The molecule has 276 valence electrons. The molecule has 0 aliphatic rings. The van der Waals surface area contributed by atoms with E-state index < -0.39 is 68.0 Å². The maximum atomic E-state index is 6.84. The number of hydrogen-bond acceptors (Lipinski definition) is 7. The number of allylic oxidation sites excluding steroid dienone is 5. The SMILES string of the molecule is C=C/C=C\C=C(/C)CC[Si](C)(C)O[Si](C)(C)O[Si](C)(C)O[Si](C)(C)O[Si](C)(C)O[Si](C)(C)O[Si](C)(C)O[Si](C)(C)CCc1ccccc1. The van der Waals surface area contributed by atoms with Crippen molar-refractivity contribution in [1.29, 1.82) is 0 Å². The summed E-state index contributed by atoms with van der Waals surface area (Å²) < 4.78 is 47.7. The van der Waals surface area contributed by atoms with Crippen molar-refractivity contribution >= 4 is 68.0 Å². The summed E-state index contributed by atoms with van der Waals surface area (Å²) in [5.41, 5.74) is 2.70. The molecule has 0 heterocycles. The van der Waals surface area contributed by atoms with Gasteiger partial charge in [-0.2, -0.15) is 0 Å². The molecular weight excluding hydrogens is 733 g/mol. The number of rotatable bonds is 22. The second kappa shape index (κ2) is 18.1. The number of hydrogen-bond donors (Lipinski definition) is 0. The minimum Gasteiger partial charge on any atom is -0.436 e. The lowest BCUT2D eigenvalue weighted by Crippen LogP contribution is -2.61. The average molecular weight is 804 g/mol. The Balaban J connectivity index is 2.81. The lowest BCUT2D eigenvalue weighted by Gasteiger charge is -2.44. The first-order chi connectivity index (χ1) is 21.5. The molecule has 0 saturated carbocycles. The fourth-order valence-electron chi connectivity index (χ4n) is 6.49. The smallest absolute Gasteiger partial charge is 0.314 e. The van der Waals surface area contributed by atoms with Crippen LogP contribution in [0.2, 0.25) is 117 Å². The van der Waals surface area contributed by atoms with Crippen LogP contribution in [-0.2, 0) is 35.2 Å². The molecule has 0 amide bonds. The van der Waals surface area contributed by atoms with E-state index in [0.29, 0.717) is 0 Å². The predicted octanol–water partition coefficient (Wildman–Crippen LogP) is 11.0. The molecule has 0 spiro atoms. The average Bonchev–Trinajstić information content (AvgIpc) is 2.82. The van der Waals surface area contributed by atoms with Gasteiger partial charge in [-0.1, -0.05) is 66.8 Å². The molecule has 0 aliphatic heterocycles. The first-order valence-electron chi connectivity index (χ1n) is 17.4. The molecule has 0 aliphatic carbocycles. The van der Waals surface area contributed by atoms with Crippen molar-refractivity contribution in [3.63, 3.8) is 0 Å². The van der Waals surface area contributed by atoms with Gasteiger partial charge in [0, 0.05) is 0 Å². The normalized spacial score (nSPS) is 15.0. The van der Waals surface area contributed by atoms with E-state index in [1.807, 2.05) is 12.2 Å². The van der Waals surface area contributed by atoms with E-state index in [2.05, 4.69) is 155 Å². The summed E-state index contributed by atoms with van der Waals surface area (Å²) in [6.45, 7) is 40.6. The second-order valence-corrected chi connectivity index (χ2v) is 47.3. The van der Waals surface area contributed by atoms with Crippen molar-refractivity contribution < 1.29 is 28.8 Å². The highest BCUT2D eigenvalue weighted by atomic mass is 28.5. The minimum atomic E-state index is -2.63. The molecule has 1 rings (SSSR count). The summed E-state index contributed by atoms with van der Waals surface area (Å²) >= 11 is 0. The first-order valence-corrected chi connectivity index (χ1v) is 40.5. The van der Waals surface area contributed by atoms with Crippen LogP contribution in [0.4, 0.5) is 0 Å². The molecular formula is C33H70O7Si8. The Morgan fingerprint density at radius 1 is 0.521 bits per heavy atom. The van der Waals surface area contributed by atoms with Gasteiger partial charge in [0.25, 0.3) is 0 Å². The van der Waals surface area contributed by atoms with Gasteiger partial charge in [-0.3, -0.25) is 0 Å². The fraction of sp³-hybridized carbons (Fsp3) is 0.636. The summed E-state index contributed by atoms with van der Waals surface area (Å²) in [5.74, 6) is 0. The van der Waals surface area contributed by atoms with Crippen LogP contribution in [0, 0.1) is 0 Å². The van der Waals surface area contributed by atoms with E-state index in [-0.39, 0.29) is 0 Å². The van der Waals surface area contributed by atoms with Gasteiger partial charge in [-0.25, -0.2) is 0 Å². The Labute approximate surface area is 304 Å². The second-order valence-electron chi connectivity index (χ2n) is 16.8. The molecule has 0 unspecified atom stereocenters. The molecule has 1 aromatic carbocycles. The van der Waals surface area contributed by atoms with Crippen molar-refractivity contribution in [2.24, 2.45) is 0 Å². The van der Waals surface area contributed by atoms with E-state index in [0.717, 1.165) is 24.9 Å². The Morgan fingerprint density at radius 3 is 1.25 bits per heavy atom. The van der Waals surface area contributed by atoms with E-state index in [9.17, 15) is 0 Å². The topological polar surface area (TPSA) is 64.6 Å². The van der Waals surface area contributed by atoms with Gasteiger partial charge in [0.15, 0.2) is 16.6 Å². The van der Waals surface area contributed by atoms with E-state index >= 15 is 0 Å². The minimum absolute atomic E-state index is 1.01. The van der Waals surface area contributed by atoms with Gasteiger partial charge >= 0.3 is 51.4 Å². The van der Waals surface area contributed by atoms with Crippen LogP contribution in [0.3, 0.4) is 0 Å². The van der Waals surface area contributed by atoms with Crippen molar-refractivity contribution in [3.8, 4) is 0 Å². The molecule has 0 saturated heterocycles. The number of benzene rings is 1. The molecule has 15 heteroatoms. The molecule has 0 atom stereocenters. The standard InChI is InChI=1S/C33H70O7Si8/c1-19-20-22-25-32(2)28-30-41(3,4)34-43(7,8)36-45(11,12)38-47(15,16)40-48(17,18)39-46(13,14)37-44(9,10)35-42(5,6)31-29-33-26-23-21-24-27-33/h19-27H,1,28-31H2,2-18H3/b22-20-,32-25+. The summed E-state index contributed by atoms with van der Waals surface area (Å²) in [4.78, 5) is 0. The van der Waals surface area contributed by atoms with E-state index in [1.54, 1.807) is 6.08 Å². The van der Waals surface area contributed by atoms with Crippen molar-refractivity contribution in [3.05, 3.63) is 72.4 Å². The monoisotopic (exact) mass is 802 g/mol. The van der Waals surface area contributed by atoms with Gasteiger partial charge in [-0.15, -0.1) is 0 Å². The Bertz CT molecular complexity index is 1210. The lowest BCUT2D eigenvalue weighted by molar-refractivity contribution is 0.264. The maximum absolute atomic E-state index is 6.84. The van der Waals surface area contributed by atoms with Crippen LogP contribution < -0.4 is 0 Å². The zero-order valence-electron chi connectivity index (χ0n) is 33.6. The lowest BCUT2D eigenvalue weighted by atomic mass is 10.2. The third-order valence-corrected chi connectivity index (χ3v) is 38.0. The quantitative estimate of drug-likeness (QED) is 0.0854. The first kappa shape index (κ1) is 45.9. The summed E-state index contributed by atoms with van der Waals surface area (Å²) in [6.07, 6.45) is 9.98. The highest BCUT2D eigenvalue weighted by Gasteiger charge is 2.49. The van der Waals surface area contributed by atoms with Crippen LogP contribution in [-0.4, -0.2) is 68.0 Å². The summed E-state index contributed by atoms with van der Waals surface area (Å²) in [7, 11) is -19.3. The molecule has 0 radical (unpaired) electrons. The predicted molar refractivity (Wildman–Crippen MR) is 225 cm³/mol. The highest BCUT2D eigenvalue weighted by molar-refractivity contribution is 6.92. The van der Waals surface area contributed by atoms with E-state index in [1.165, 1.54) is 11.1 Å². The molecule has 48 heavy (non-hydrogen) atoms. The maximum Gasteiger partial charge on any atom is 0.314 e. The number of aryl methyl sites for hydroxylation is 1. The van der Waals surface area contributed by atoms with Gasteiger partial charge in [-0.05, 0) is 142 Å². The van der Waals surface area contributed by atoms with Crippen molar-refractivity contribution in [2.75, 3.05) is 0 Å². The Kier molecular flexibility index (Phi) is 17.3. The fourth-order valence-corrected chi connectivity index (χ4v) is 46.8. The van der Waals surface area contributed by atoms with Crippen LogP contribution >= 0.6 is 0 Å². The van der Waals surface area contributed by atoms with Gasteiger partial charge in [0.1, 0.15) is 0 Å².